The maximum Gasteiger partial charge on any atom is 0.312 e. The molecule has 4 aliphatic carbocycles. The lowest BCUT2D eigenvalue weighted by molar-refractivity contribution is -0.171. The smallest absolute Gasteiger partial charge is 0.312 e. The van der Waals surface area contributed by atoms with Crippen LogP contribution >= 0.6 is 39.1 Å². The predicted octanol–water partition coefficient (Wildman–Crippen LogP) is 4.93. The van der Waals surface area contributed by atoms with Crippen molar-refractivity contribution in [2.45, 2.75) is 49.3 Å². The molecule has 1 aromatic carbocycles. The minimum atomic E-state index is -0.398. The Morgan fingerprint density at radius 3 is 2.54 bits per heavy atom. The molecule has 4 bridgehead atoms. The van der Waals surface area contributed by atoms with Crippen LogP contribution < -0.4 is 5.32 Å². The fourth-order valence-electron chi connectivity index (χ4n) is 5.79. The Labute approximate surface area is 183 Å². The van der Waals surface area contributed by atoms with Gasteiger partial charge in [-0.15, -0.1) is 0 Å². The molecule has 1 N–H and O–H groups in total. The van der Waals surface area contributed by atoms with Crippen molar-refractivity contribution < 1.29 is 14.3 Å². The summed E-state index contributed by atoms with van der Waals surface area (Å²) in [6, 6.07) is 5.30. The molecule has 0 saturated heterocycles. The molecule has 28 heavy (non-hydrogen) atoms. The summed E-state index contributed by atoms with van der Waals surface area (Å²) >= 11 is 15.9. The van der Waals surface area contributed by atoms with Crippen molar-refractivity contribution in [1.29, 1.82) is 0 Å². The molecule has 0 spiro atoms. The number of hydrogen-bond acceptors (Lipinski definition) is 3. The molecule has 4 fully saturated rings. The normalized spacial score (nSPS) is 33.0. The van der Waals surface area contributed by atoms with Crippen LogP contribution in [0.5, 0.6) is 0 Å². The van der Waals surface area contributed by atoms with Crippen LogP contribution in [-0.2, 0) is 20.7 Å². The second-order valence-corrected chi connectivity index (χ2v) is 11.3. The van der Waals surface area contributed by atoms with Gasteiger partial charge in [-0.3, -0.25) is 9.59 Å². The number of amides is 1. The summed E-state index contributed by atoms with van der Waals surface area (Å²) in [5, 5.41) is 3.96. The number of carbonyl (C=O) groups excluding carboxylic acids is 2. The van der Waals surface area contributed by atoms with Gasteiger partial charge in [0.1, 0.15) is 0 Å². The van der Waals surface area contributed by atoms with Crippen molar-refractivity contribution in [3.8, 4) is 0 Å². The highest BCUT2D eigenvalue weighted by Crippen LogP contribution is 2.64. The van der Waals surface area contributed by atoms with Crippen LogP contribution in [0.25, 0.3) is 0 Å². The first kappa shape index (κ1) is 20.5. The Bertz CT molecular complexity index is 786. The lowest BCUT2D eigenvalue weighted by Crippen LogP contribution is -2.56. The van der Waals surface area contributed by atoms with Gasteiger partial charge in [0.25, 0.3) is 5.91 Å². The van der Waals surface area contributed by atoms with Crippen LogP contribution in [0, 0.1) is 17.3 Å². The summed E-state index contributed by atoms with van der Waals surface area (Å²) < 4.78 is 5.55. The number of alkyl halides is 1. The van der Waals surface area contributed by atoms with Crippen molar-refractivity contribution in [2.75, 3.05) is 13.2 Å². The van der Waals surface area contributed by atoms with Crippen LogP contribution in [-0.4, -0.2) is 29.4 Å². The van der Waals surface area contributed by atoms with Gasteiger partial charge in [0, 0.05) is 20.9 Å². The second kappa shape index (κ2) is 7.81. The van der Waals surface area contributed by atoms with Crippen LogP contribution in [0.4, 0.5) is 0 Å². The quantitative estimate of drug-likeness (QED) is 0.456. The van der Waals surface area contributed by atoms with E-state index in [-0.39, 0.29) is 22.8 Å². The van der Waals surface area contributed by atoms with Gasteiger partial charge in [-0.25, -0.2) is 0 Å². The second-order valence-electron chi connectivity index (χ2n) is 8.80. The summed E-state index contributed by atoms with van der Waals surface area (Å²) in [6.45, 7) is 0.205. The van der Waals surface area contributed by atoms with Crippen molar-refractivity contribution in [3.05, 3.63) is 33.8 Å². The molecule has 152 valence electrons. The Hall–Kier alpha value is -0.780. The minimum Gasteiger partial charge on any atom is -0.455 e. The van der Waals surface area contributed by atoms with Gasteiger partial charge in [-0.2, -0.15) is 0 Å². The standard InChI is InChI=1S/C21H24BrCl2NO3/c22-21-9-13-5-14(10-21)8-20(7-13,12-21)19(27)28-11-18(26)25-4-3-15-1-2-16(23)6-17(15)24/h1-2,6,13-14H,3-5,7-12H2,(H,25,26)/t13-,14-,20?,21?/m1/s1. The molecule has 2 atom stereocenters. The molecule has 7 heteroatoms. The largest absolute Gasteiger partial charge is 0.455 e. The molecular formula is C21H24BrCl2NO3. The maximum atomic E-state index is 12.9. The Kier molecular flexibility index (Phi) is 5.71. The van der Waals surface area contributed by atoms with Gasteiger partial charge in [-0.05, 0) is 74.5 Å². The van der Waals surface area contributed by atoms with Crippen molar-refractivity contribution in [1.82, 2.24) is 5.32 Å². The van der Waals surface area contributed by atoms with Gasteiger partial charge in [0.2, 0.25) is 0 Å². The zero-order chi connectivity index (χ0) is 19.9. The van der Waals surface area contributed by atoms with E-state index in [1.54, 1.807) is 12.1 Å². The van der Waals surface area contributed by atoms with E-state index < -0.39 is 5.41 Å². The van der Waals surface area contributed by atoms with Gasteiger partial charge in [0.05, 0.1) is 5.41 Å². The maximum absolute atomic E-state index is 12.9. The summed E-state index contributed by atoms with van der Waals surface area (Å²) in [4.78, 5) is 25.0. The average molecular weight is 489 g/mol. The van der Waals surface area contributed by atoms with E-state index in [0.29, 0.717) is 34.8 Å². The number of halogens is 3. The number of hydrogen-bond donors (Lipinski definition) is 1. The number of ether oxygens (including phenoxy) is 1. The average Bonchev–Trinajstić information content (AvgIpc) is 2.59. The third-order valence-corrected chi connectivity index (χ3v) is 8.00. The molecule has 4 saturated carbocycles. The van der Waals surface area contributed by atoms with Gasteiger partial charge < -0.3 is 10.1 Å². The van der Waals surface area contributed by atoms with E-state index in [1.165, 1.54) is 6.42 Å². The van der Waals surface area contributed by atoms with Crippen molar-refractivity contribution in [3.63, 3.8) is 0 Å². The van der Waals surface area contributed by atoms with E-state index in [1.807, 2.05) is 6.07 Å². The van der Waals surface area contributed by atoms with Crippen LogP contribution in [0.3, 0.4) is 0 Å². The van der Waals surface area contributed by atoms with E-state index in [0.717, 1.165) is 37.7 Å². The molecule has 0 aromatic heterocycles. The Balaban J connectivity index is 1.25. The van der Waals surface area contributed by atoms with Crippen LogP contribution in [0.15, 0.2) is 18.2 Å². The topological polar surface area (TPSA) is 55.4 Å². The van der Waals surface area contributed by atoms with Gasteiger partial charge in [0.15, 0.2) is 6.61 Å². The molecule has 1 amide bonds. The third kappa shape index (κ3) is 4.22. The number of carbonyl (C=O) groups is 2. The lowest BCUT2D eigenvalue weighted by atomic mass is 9.49. The summed E-state index contributed by atoms with van der Waals surface area (Å²) in [5.74, 6) is 0.732. The zero-order valence-corrected chi connectivity index (χ0v) is 18.7. The fourth-order valence-corrected chi connectivity index (χ4v) is 7.74. The third-order valence-electron chi connectivity index (χ3n) is 6.49. The first-order valence-electron chi connectivity index (χ1n) is 9.84. The van der Waals surface area contributed by atoms with Gasteiger partial charge >= 0.3 is 5.97 Å². The molecule has 0 heterocycles. The molecule has 4 aliphatic rings. The van der Waals surface area contributed by atoms with Crippen molar-refractivity contribution in [2.24, 2.45) is 17.3 Å². The molecule has 1 aromatic rings. The highest BCUT2D eigenvalue weighted by atomic mass is 79.9. The van der Waals surface area contributed by atoms with Gasteiger partial charge in [-0.1, -0.05) is 45.2 Å². The first-order valence-corrected chi connectivity index (χ1v) is 11.4. The summed E-state index contributed by atoms with van der Waals surface area (Å²) in [5.41, 5.74) is 0.518. The van der Waals surface area contributed by atoms with Crippen LogP contribution in [0.1, 0.15) is 44.1 Å². The number of nitrogens with one attached hydrogen (secondary N) is 1. The fraction of sp³-hybridized carbons (Fsp3) is 0.619. The van der Waals surface area contributed by atoms with Crippen molar-refractivity contribution >= 4 is 51.0 Å². The zero-order valence-electron chi connectivity index (χ0n) is 15.6. The van der Waals surface area contributed by atoms with E-state index in [4.69, 9.17) is 27.9 Å². The Morgan fingerprint density at radius 1 is 1.18 bits per heavy atom. The van der Waals surface area contributed by atoms with E-state index >= 15 is 0 Å². The summed E-state index contributed by atoms with van der Waals surface area (Å²) in [7, 11) is 0. The Morgan fingerprint density at radius 2 is 1.89 bits per heavy atom. The monoisotopic (exact) mass is 487 g/mol. The highest BCUT2D eigenvalue weighted by Gasteiger charge is 2.60. The van der Waals surface area contributed by atoms with E-state index in [9.17, 15) is 9.59 Å². The molecule has 4 nitrogen and oxygen atoms in total. The molecule has 0 radical (unpaired) electrons. The SMILES string of the molecule is O=C(COC(=O)C12C[C@H]3C[C@@H](CC(Br)(C3)C1)C2)NCCc1ccc(Cl)cc1Cl. The summed E-state index contributed by atoms with van der Waals surface area (Å²) in [6.07, 6.45) is 6.80. The number of benzene rings is 1. The first-order chi connectivity index (χ1) is 13.3. The molecule has 5 rings (SSSR count). The van der Waals surface area contributed by atoms with E-state index in [2.05, 4.69) is 21.2 Å². The van der Waals surface area contributed by atoms with Crippen LogP contribution in [0.2, 0.25) is 10.0 Å². The predicted molar refractivity (Wildman–Crippen MR) is 113 cm³/mol. The molecule has 0 aliphatic heterocycles. The number of rotatable bonds is 6. The minimum absolute atomic E-state index is 0.0935. The number of esters is 1. The molecular weight excluding hydrogens is 465 g/mol. The molecule has 0 unspecified atom stereocenters. The lowest BCUT2D eigenvalue weighted by Gasteiger charge is -2.58. The highest BCUT2D eigenvalue weighted by molar-refractivity contribution is 9.10.